The Labute approximate surface area is 113 Å². The second kappa shape index (κ2) is 8.89. The van der Waals surface area contributed by atoms with Crippen molar-refractivity contribution in [2.24, 2.45) is 23.5 Å². The van der Waals surface area contributed by atoms with E-state index in [2.05, 4.69) is 18.7 Å². The minimum absolute atomic E-state index is 0.702. The van der Waals surface area contributed by atoms with Crippen LogP contribution in [-0.4, -0.2) is 44.8 Å². The van der Waals surface area contributed by atoms with Gasteiger partial charge in [-0.05, 0) is 63.1 Å². The summed E-state index contributed by atoms with van der Waals surface area (Å²) in [5.74, 6) is 2.21. The van der Waals surface area contributed by atoms with Gasteiger partial charge in [0.2, 0.25) is 0 Å². The zero-order chi connectivity index (χ0) is 13.4. The average molecular weight is 256 g/mol. The van der Waals surface area contributed by atoms with Gasteiger partial charge in [0.1, 0.15) is 0 Å². The highest BCUT2D eigenvalue weighted by atomic mass is 16.5. The monoisotopic (exact) mass is 256 g/mol. The summed E-state index contributed by atoms with van der Waals surface area (Å²) in [6, 6.07) is 0. The van der Waals surface area contributed by atoms with E-state index in [4.69, 9.17) is 10.5 Å². The number of ether oxygens (including phenoxy) is 1. The first kappa shape index (κ1) is 15.9. The van der Waals surface area contributed by atoms with Crippen molar-refractivity contribution in [1.29, 1.82) is 0 Å². The Morgan fingerprint density at radius 1 is 1.39 bits per heavy atom. The molecule has 1 heterocycles. The van der Waals surface area contributed by atoms with Crippen LogP contribution in [0.25, 0.3) is 0 Å². The highest BCUT2D eigenvalue weighted by molar-refractivity contribution is 4.74. The first-order valence-electron chi connectivity index (χ1n) is 7.57. The Hall–Kier alpha value is -0.120. The summed E-state index contributed by atoms with van der Waals surface area (Å²) in [5, 5.41) is 0. The summed E-state index contributed by atoms with van der Waals surface area (Å²) in [6.07, 6.45) is 5.18. The van der Waals surface area contributed by atoms with Gasteiger partial charge < -0.3 is 15.4 Å². The van der Waals surface area contributed by atoms with E-state index in [-0.39, 0.29) is 0 Å². The summed E-state index contributed by atoms with van der Waals surface area (Å²) >= 11 is 0. The van der Waals surface area contributed by atoms with Gasteiger partial charge in [0.15, 0.2) is 0 Å². The zero-order valence-electron chi connectivity index (χ0n) is 12.5. The van der Waals surface area contributed by atoms with E-state index in [0.717, 1.165) is 25.0 Å². The molecule has 108 valence electrons. The first-order chi connectivity index (χ1) is 8.65. The van der Waals surface area contributed by atoms with Crippen LogP contribution in [-0.2, 0) is 4.74 Å². The van der Waals surface area contributed by atoms with Crippen molar-refractivity contribution in [2.75, 3.05) is 39.9 Å². The number of hydrogen-bond acceptors (Lipinski definition) is 3. The van der Waals surface area contributed by atoms with Crippen LogP contribution >= 0.6 is 0 Å². The third-order valence-corrected chi connectivity index (χ3v) is 4.00. The van der Waals surface area contributed by atoms with Crippen LogP contribution in [0.3, 0.4) is 0 Å². The van der Waals surface area contributed by atoms with Crippen LogP contribution in [0.15, 0.2) is 0 Å². The van der Waals surface area contributed by atoms with Crippen molar-refractivity contribution >= 4 is 0 Å². The van der Waals surface area contributed by atoms with Gasteiger partial charge >= 0.3 is 0 Å². The first-order valence-corrected chi connectivity index (χ1v) is 7.57. The van der Waals surface area contributed by atoms with Gasteiger partial charge in [-0.2, -0.15) is 0 Å². The minimum Gasteiger partial charge on any atom is -0.384 e. The molecule has 2 N–H and O–H groups in total. The van der Waals surface area contributed by atoms with E-state index < -0.39 is 0 Å². The van der Waals surface area contributed by atoms with Crippen molar-refractivity contribution in [3.8, 4) is 0 Å². The molecular formula is C15H32N2O. The number of hydrogen-bond donors (Lipinski definition) is 1. The Balaban J connectivity index is 2.24. The van der Waals surface area contributed by atoms with Crippen molar-refractivity contribution < 1.29 is 4.74 Å². The van der Waals surface area contributed by atoms with Crippen LogP contribution in [0.5, 0.6) is 0 Å². The molecule has 1 fully saturated rings. The molecular weight excluding hydrogens is 224 g/mol. The average Bonchev–Trinajstić information content (AvgIpc) is 2.35. The number of nitrogens with two attached hydrogens (primary N) is 1. The van der Waals surface area contributed by atoms with E-state index in [1.54, 1.807) is 0 Å². The van der Waals surface area contributed by atoms with Crippen LogP contribution in [0.2, 0.25) is 0 Å². The van der Waals surface area contributed by atoms with Crippen LogP contribution in [0.4, 0.5) is 0 Å². The van der Waals surface area contributed by atoms with E-state index in [1.165, 1.54) is 45.3 Å². The molecule has 1 saturated heterocycles. The molecule has 0 radical (unpaired) electrons. The van der Waals surface area contributed by atoms with Gasteiger partial charge in [-0.25, -0.2) is 0 Å². The maximum Gasteiger partial charge on any atom is 0.0502 e. The smallest absolute Gasteiger partial charge is 0.0502 e. The maximum atomic E-state index is 5.87. The van der Waals surface area contributed by atoms with Gasteiger partial charge in [0.25, 0.3) is 0 Å². The Morgan fingerprint density at radius 2 is 2.17 bits per heavy atom. The molecule has 0 aliphatic carbocycles. The summed E-state index contributed by atoms with van der Waals surface area (Å²) in [5.41, 5.74) is 5.87. The predicted molar refractivity (Wildman–Crippen MR) is 77.7 cm³/mol. The van der Waals surface area contributed by atoms with Crippen LogP contribution in [0.1, 0.15) is 39.5 Å². The third kappa shape index (κ3) is 6.17. The van der Waals surface area contributed by atoms with E-state index in [0.29, 0.717) is 5.92 Å². The summed E-state index contributed by atoms with van der Waals surface area (Å²) in [7, 11) is 1.81. The third-order valence-electron chi connectivity index (χ3n) is 4.00. The van der Waals surface area contributed by atoms with Crippen molar-refractivity contribution in [2.45, 2.75) is 39.5 Å². The standard InChI is InChI=1S/C15H32N2O/c1-13(2)9-14(10-16)6-8-17-7-4-5-15(11-17)12-18-3/h13-15H,4-12,16H2,1-3H3. The molecule has 0 spiro atoms. The largest absolute Gasteiger partial charge is 0.384 e. The molecule has 2 atom stereocenters. The molecule has 1 aliphatic heterocycles. The quantitative estimate of drug-likeness (QED) is 0.724. The number of methoxy groups -OCH3 is 1. The van der Waals surface area contributed by atoms with E-state index >= 15 is 0 Å². The second-order valence-electron chi connectivity index (χ2n) is 6.28. The van der Waals surface area contributed by atoms with Crippen LogP contribution in [0, 0.1) is 17.8 Å². The molecule has 3 heteroatoms. The van der Waals surface area contributed by atoms with Gasteiger partial charge in [-0.15, -0.1) is 0 Å². The molecule has 0 bridgehead atoms. The molecule has 0 saturated carbocycles. The lowest BCUT2D eigenvalue weighted by atomic mass is 9.93. The lowest BCUT2D eigenvalue weighted by Gasteiger charge is -2.33. The lowest BCUT2D eigenvalue weighted by molar-refractivity contribution is 0.0873. The zero-order valence-corrected chi connectivity index (χ0v) is 12.5. The molecule has 1 aliphatic rings. The number of likely N-dealkylation sites (tertiary alicyclic amines) is 1. The number of rotatable bonds is 8. The second-order valence-corrected chi connectivity index (χ2v) is 6.28. The fourth-order valence-corrected chi connectivity index (χ4v) is 3.09. The van der Waals surface area contributed by atoms with E-state index in [9.17, 15) is 0 Å². The summed E-state index contributed by atoms with van der Waals surface area (Å²) in [4.78, 5) is 2.61. The highest BCUT2D eigenvalue weighted by Crippen LogP contribution is 2.19. The minimum atomic E-state index is 0.702. The Kier molecular flexibility index (Phi) is 7.87. The topological polar surface area (TPSA) is 38.5 Å². The molecule has 0 amide bonds. The Bertz CT molecular complexity index is 207. The highest BCUT2D eigenvalue weighted by Gasteiger charge is 2.20. The lowest BCUT2D eigenvalue weighted by Crippen LogP contribution is -2.38. The molecule has 0 aromatic heterocycles. The fraction of sp³-hybridized carbons (Fsp3) is 1.00. The van der Waals surface area contributed by atoms with Gasteiger partial charge in [-0.3, -0.25) is 0 Å². The number of piperidine rings is 1. The molecule has 2 unspecified atom stereocenters. The maximum absolute atomic E-state index is 5.87. The van der Waals surface area contributed by atoms with Gasteiger partial charge in [-0.1, -0.05) is 13.8 Å². The summed E-state index contributed by atoms with van der Waals surface area (Å²) in [6.45, 7) is 10.0. The molecule has 1 rings (SSSR count). The normalized spacial score (nSPS) is 23.5. The fourth-order valence-electron chi connectivity index (χ4n) is 3.09. The van der Waals surface area contributed by atoms with Crippen molar-refractivity contribution in [3.63, 3.8) is 0 Å². The van der Waals surface area contributed by atoms with Crippen LogP contribution < -0.4 is 5.73 Å². The molecule has 3 nitrogen and oxygen atoms in total. The van der Waals surface area contributed by atoms with Gasteiger partial charge in [0.05, 0.1) is 6.61 Å². The SMILES string of the molecule is COCC1CCCN(CCC(CN)CC(C)C)C1. The van der Waals surface area contributed by atoms with Gasteiger partial charge in [0, 0.05) is 13.7 Å². The molecule has 0 aromatic rings. The Morgan fingerprint density at radius 3 is 2.78 bits per heavy atom. The summed E-state index contributed by atoms with van der Waals surface area (Å²) < 4.78 is 5.28. The predicted octanol–water partition coefficient (Wildman–Crippen LogP) is 2.36. The number of nitrogens with zero attached hydrogens (tertiary/aromatic N) is 1. The van der Waals surface area contributed by atoms with E-state index in [1.807, 2.05) is 7.11 Å². The molecule has 18 heavy (non-hydrogen) atoms. The molecule has 0 aromatic carbocycles. The van der Waals surface area contributed by atoms with Crippen molar-refractivity contribution in [3.05, 3.63) is 0 Å². The van der Waals surface area contributed by atoms with Crippen molar-refractivity contribution in [1.82, 2.24) is 4.90 Å².